The van der Waals surface area contributed by atoms with Crippen molar-refractivity contribution in [1.29, 1.82) is 0 Å². The average molecular weight is 492 g/mol. The maximum atomic E-state index is 13.2. The molecule has 0 atom stereocenters. The van der Waals surface area contributed by atoms with Crippen molar-refractivity contribution >= 4 is 27.0 Å². The molecule has 1 saturated heterocycles. The van der Waals surface area contributed by atoms with Gasteiger partial charge in [-0.2, -0.15) is 4.31 Å². The van der Waals surface area contributed by atoms with Gasteiger partial charge >= 0.3 is 0 Å². The molecule has 174 valence electrons. The van der Waals surface area contributed by atoms with Gasteiger partial charge in [0.15, 0.2) is 4.80 Å². The topological polar surface area (TPSA) is 63.9 Å². The fraction of sp³-hybridized carbons (Fsp3) is 0.192. The van der Waals surface area contributed by atoms with Crippen LogP contribution in [0, 0.1) is 0 Å². The van der Waals surface area contributed by atoms with Crippen LogP contribution in [0.5, 0.6) is 0 Å². The monoisotopic (exact) mass is 491 g/mol. The Labute approximate surface area is 203 Å². The molecule has 5 rings (SSSR count). The SMILES string of the molecule is O=S(=O)(c1cccc(-c2csc(=Nc3ccccc3)n2Cc2ccccc2)c1)N1CCOCC1. The smallest absolute Gasteiger partial charge is 0.243 e. The number of aromatic nitrogens is 1. The van der Waals surface area contributed by atoms with Crippen molar-refractivity contribution in [2.45, 2.75) is 11.4 Å². The molecule has 0 saturated carbocycles. The molecule has 0 amide bonds. The van der Waals surface area contributed by atoms with Gasteiger partial charge < -0.3 is 9.30 Å². The summed E-state index contributed by atoms with van der Waals surface area (Å²) in [5, 5.41) is 2.05. The fourth-order valence-electron chi connectivity index (χ4n) is 3.93. The first-order valence-electron chi connectivity index (χ1n) is 11.1. The molecule has 34 heavy (non-hydrogen) atoms. The zero-order valence-corrected chi connectivity index (χ0v) is 20.2. The van der Waals surface area contributed by atoms with Crippen molar-refractivity contribution in [2.24, 2.45) is 4.99 Å². The minimum atomic E-state index is -3.58. The highest BCUT2D eigenvalue weighted by atomic mass is 32.2. The molecule has 0 aliphatic carbocycles. The van der Waals surface area contributed by atoms with E-state index in [9.17, 15) is 8.42 Å². The van der Waals surface area contributed by atoms with Crippen molar-refractivity contribution in [3.8, 4) is 11.3 Å². The Hall–Kier alpha value is -3.04. The van der Waals surface area contributed by atoms with Crippen LogP contribution in [0.4, 0.5) is 5.69 Å². The van der Waals surface area contributed by atoms with Crippen LogP contribution in [0.2, 0.25) is 0 Å². The van der Waals surface area contributed by atoms with Gasteiger partial charge in [0.2, 0.25) is 10.0 Å². The van der Waals surface area contributed by atoms with Gasteiger partial charge in [-0.3, -0.25) is 0 Å². The largest absolute Gasteiger partial charge is 0.379 e. The maximum Gasteiger partial charge on any atom is 0.243 e. The molecule has 1 fully saturated rings. The number of morpholine rings is 1. The van der Waals surface area contributed by atoms with Gasteiger partial charge in [-0.25, -0.2) is 13.4 Å². The van der Waals surface area contributed by atoms with Crippen molar-refractivity contribution in [3.05, 3.63) is 101 Å². The molecule has 0 radical (unpaired) electrons. The first kappa shape index (κ1) is 22.7. The minimum Gasteiger partial charge on any atom is -0.379 e. The van der Waals surface area contributed by atoms with E-state index in [1.54, 1.807) is 29.5 Å². The van der Waals surface area contributed by atoms with Gasteiger partial charge in [-0.1, -0.05) is 60.7 Å². The van der Waals surface area contributed by atoms with Crippen LogP contribution in [0.1, 0.15) is 5.56 Å². The van der Waals surface area contributed by atoms with Crippen LogP contribution >= 0.6 is 11.3 Å². The predicted molar refractivity (Wildman–Crippen MR) is 135 cm³/mol. The van der Waals surface area contributed by atoms with E-state index in [2.05, 4.69) is 16.7 Å². The first-order chi connectivity index (χ1) is 16.6. The summed E-state index contributed by atoms with van der Waals surface area (Å²) in [5.74, 6) is 0. The van der Waals surface area contributed by atoms with E-state index in [4.69, 9.17) is 9.73 Å². The third-order valence-electron chi connectivity index (χ3n) is 5.70. The molecule has 1 aromatic heterocycles. The molecule has 0 spiro atoms. The summed E-state index contributed by atoms with van der Waals surface area (Å²) < 4.78 is 35.5. The molecule has 2 heterocycles. The van der Waals surface area contributed by atoms with E-state index in [0.29, 0.717) is 37.7 Å². The molecule has 1 aliphatic heterocycles. The van der Waals surface area contributed by atoms with E-state index in [1.807, 2.05) is 60.0 Å². The normalized spacial score (nSPS) is 15.5. The Balaban J connectivity index is 1.59. The number of ether oxygens (including phenoxy) is 1. The van der Waals surface area contributed by atoms with E-state index >= 15 is 0 Å². The predicted octanol–water partition coefficient (Wildman–Crippen LogP) is 4.52. The fourth-order valence-corrected chi connectivity index (χ4v) is 6.32. The van der Waals surface area contributed by atoms with Gasteiger partial charge in [0.25, 0.3) is 0 Å². The lowest BCUT2D eigenvalue weighted by Gasteiger charge is -2.26. The second-order valence-electron chi connectivity index (χ2n) is 7.97. The second kappa shape index (κ2) is 10.1. The van der Waals surface area contributed by atoms with Gasteiger partial charge in [0, 0.05) is 24.0 Å². The third-order valence-corrected chi connectivity index (χ3v) is 8.46. The van der Waals surface area contributed by atoms with Gasteiger partial charge in [0.05, 0.1) is 36.0 Å². The summed E-state index contributed by atoms with van der Waals surface area (Å²) in [5.41, 5.74) is 3.80. The molecule has 0 N–H and O–H groups in total. The van der Waals surface area contributed by atoms with E-state index < -0.39 is 10.0 Å². The average Bonchev–Trinajstić information content (AvgIpc) is 3.27. The first-order valence-corrected chi connectivity index (χ1v) is 13.4. The Morgan fingerprint density at radius 2 is 1.59 bits per heavy atom. The molecule has 8 heteroatoms. The quantitative estimate of drug-likeness (QED) is 0.398. The van der Waals surface area contributed by atoms with Crippen molar-refractivity contribution < 1.29 is 13.2 Å². The van der Waals surface area contributed by atoms with Crippen molar-refractivity contribution in [1.82, 2.24) is 8.87 Å². The van der Waals surface area contributed by atoms with E-state index in [-0.39, 0.29) is 0 Å². The Morgan fingerprint density at radius 1 is 0.882 bits per heavy atom. The number of sulfonamides is 1. The van der Waals surface area contributed by atoms with Crippen molar-refractivity contribution in [2.75, 3.05) is 26.3 Å². The molecular weight excluding hydrogens is 466 g/mol. The van der Waals surface area contributed by atoms with E-state index in [0.717, 1.165) is 27.3 Å². The highest BCUT2D eigenvalue weighted by molar-refractivity contribution is 7.89. The number of benzene rings is 3. The molecular formula is C26H25N3O3S2. The van der Waals surface area contributed by atoms with Crippen molar-refractivity contribution in [3.63, 3.8) is 0 Å². The van der Waals surface area contributed by atoms with Crippen LogP contribution in [0.25, 0.3) is 11.3 Å². The Kier molecular flexibility index (Phi) is 6.73. The summed E-state index contributed by atoms with van der Waals surface area (Å²) in [7, 11) is -3.58. The summed E-state index contributed by atoms with van der Waals surface area (Å²) in [6, 6.07) is 27.2. The lowest BCUT2D eigenvalue weighted by Crippen LogP contribution is -2.40. The lowest BCUT2D eigenvalue weighted by atomic mass is 10.1. The number of para-hydroxylation sites is 1. The number of nitrogens with zero attached hydrogens (tertiary/aromatic N) is 3. The van der Waals surface area contributed by atoms with Crippen LogP contribution in [-0.2, 0) is 21.3 Å². The zero-order chi connectivity index (χ0) is 23.4. The molecule has 0 bridgehead atoms. The number of thiazole rings is 1. The van der Waals surface area contributed by atoms with E-state index in [1.165, 1.54) is 4.31 Å². The summed E-state index contributed by atoms with van der Waals surface area (Å²) in [6.07, 6.45) is 0. The third kappa shape index (κ3) is 4.90. The van der Waals surface area contributed by atoms with Crippen LogP contribution in [0.15, 0.2) is 100 Å². The standard InChI is InChI=1S/C26H25N3O3S2/c30-34(31,28-14-16-32-17-15-28)24-13-7-10-22(18-24)25-20-33-26(27-23-11-5-2-6-12-23)29(25)19-21-8-3-1-4-9-21/h1-13,18,20H,14-17,19H2. The maximum absolute atomic E-state index is 13.2. The molecule has 3 aromatic carbocycles. The highest BCUT2D eigenvalue weighted by Gasteiger charge is 2.26. The number of hydrogen-bond donors (Lipinski definition) is 0. The molecule has 1 aliphatic rings. The van der Waals surface area contributed by atoms with Crippen LogP contribution < -0.4 is 4.80 Å². The summed E-state index contributed by atoms with van der Waals surface area (Å²) in [4.78, 5) is 6.02. The number of hydrogen-bond acceptors (Lipinski definition) is 5. The van der Waals surface area contributed by atoms with Gasteiger partial charge in [0.1, 0.15) is 0 Å². The Morgan fingerprint density at radius 3 is 2.32 bits per heavy atom. The second-order valence-corrected chi connectivity index (χ2v) is 10.7. The zero-order valence-electron chi connectivity index (χ0n) is 18.6. The Bertz CT molecular complexity index is 1420. The number of rotatable bonds is 6. The van der Waals surface area contributed by atoms with Gasteiger partial charge in [-0.05, 0) is 29.8 Å². The van der Waals surface area contributed by atoms with Crippen LogP contribution in [0.3, 0.4) is 0 Å². The minimum absolute atomic E-state index is 0.297. The van der Waals surface area contributed by atoms with Gasteiger partial charge in [-0.15, -0.1) is 11.3 Å². The lowest BCUT2D eigenvalue weighted by molar-refractivity contribution is 0.0730. The molecule has 0 unspecified atom stereocenters. The molecule has 4 aromatic rings. The van der Waals surface area contributed by atoms with Crippen LogP contribution in [-0.4, -0.2) is 43.6 Å². The molecule has 6 nitrogen and oxygen atoms in total. The summed E-state index contributed by atoms with van der Waals surface area (Å²) >= 11 is 1.55. The highest BCUT2D eigenvalue weighted by Crippen LogP contribution is 2.26. The summed E-state index contributed by atoms with van der Waals surface area (Å²) in [6.45, 7) is 2.22.